The first-order valence-corrected chi connectivity index (χ1v) is 4.81. The summed E-state index contributed by atoms with van der Waals surface area (Å²) in [7, 11) is 0. The van der Waals surface area contributed by atoms with Gasteiger partial charge in [0, 0.05) is 12.1 Å². The molecule has 1 aromatic rings. The summed E-state index contributed by atoms with van der Waals surface area (Å²) in [4.78, 5) is 3.50. The van der Waals surface area contributed by atoms with Crippen LogP contribution in [-0.2, 0) is 6.54 Å². The van der Waals surface area contributed by atoms with Crippen LogP contribution in [0.1, 0.15) is 5.56 Å². The molecule has 0 aliphatic heterocycles. The minimum absolute atomic E-state index is 0.0113. The molecule has 0 aromatic carbocycles. The molecule has 0 radical (unpaired) electrons. The highest BCUT2D eigenvalue weighted by molar-refractivity contribution is 9.10. The summed E-state index contributed by atoms with van der Waals surface area (Å²) in [5.41, 5.74) is 5.24. The van der Waals surface area contributed by atoms with Crippen LogP contribution in [0.3, 0.4) is 0 Å². The molecule has 84 valence electrons. The minimum atomic E-state index is -4.82. The number of nitrogens with two attached hydrogens (primary N) is 1. The Hall–Kier alpha value is -0.530. The lowest BCUT2D eigenvalue weighted by molar-refractivity contribution is -0.276. The van der Waals surface area contributed by atoms with Crippen molar-refractivity contribution in [2.75, 3.05) is 0 Å². The third-order valence-electron chi connectivity index (χ3n) is 1.42. The number of alkyl halides is 3. The highest BCUT2D eigenvalue weighted by atomic mass is 79.9. The van der Waals surface area contributed by atoms with Gasteiger partial charge in [-0.15, -0.1) is 13.2 Å². The monoisotopic (exact) mass is 304 g/mol. The van der Waals surface area contributed by atoms with Crippen LogP contribution in [0.15, 0.2) is 10.7 Å². The van der Waals surface area contributed by atoms with Crippen molar-refractivity contribution in [3.8, 4) is 5.88 Å². The quantitative estimate of drug-likeness (QED) is 0.855. The van der Waals surface area contributed by atoms with Gasteiger partial charge in [-0.3, -0.25) is 0 Å². The number of hydrogen-bond donors (Lipinski definition) is 1. The van der Waals surface area contributed by atoms with Gasteiger partial charge >= 0.3 is 6.36 Å². The van der Waals surface area contributed by atoms with Gasteiger partial charge in [-0.25, -0.2) is 4.98 Å². The van der Waals surface area contributed by atoms with Crippen molar-refractivity contribution in [2.45, 2.75) is 12.9 Å². The highest BCUT2D eigenvalue weighted by Crippen LogP contribution is 2.31. The molecule has 0 atom stereocenters. The molecule has 0 saturated carbocycles. The smallest absolute Gasteiger partial charge is 0.387 e. The molecule has 8 heteroatoms. The van der Waals surface area contributed by atoms with Crippen LogP contribution in [-0.4, -0.2) is 11.3 Å². The van der Waals surface area contributed by atoms with Crippen LogP contribution < -0.4 is 10.5 Å². The Kier molecular flexibility index (Phi) is 3.80. The van der Waals surface area contributed by atoms with E-state index in [2.05, 4.69) is 25.7 Å². The largest absolute Gasteiger partial charge is 0.574 e. The molecule has 0 unspecified atom stereocenters. The van der Waals surface area contributed by atoms with Gasteiger partial charge in [0.05, 0.1) is 5.02 Å². The molecular weight excluding hydrogens is 300 g/mol. The molecular formula is C7H5BrClF3N2O. The van der Waals surface area contributed by atoms with E-state index in [1.807, 2.05) is 0 Å². The summed E-state index contributed by atoms with van der Waals surface area (Å²) in [6.45, 7) is -0.190. The number of ether oxygens (including phenoxy) is 1. The molecule has 0 saturated heterocycles. The summed E-state index contributed by atoms with van der Waals surface area (Å²) in [6.07, 6.45) is -4.82. The molecule has 2 N–H and O–H groups in total. The zero-order valence-electron chi connectivity index (χ0n) is 7.11. The van der Waals surface area contributed by atoms with Gasteiger partial charge < -0.3 is 10.5 Å². The Balaban J connectivity index is 3.15. The molecule has 0 spiro atoms. The molecule has 0 amide bonds. The minimum Gasteiger partial charge on any atom is -0.387 e. The molecule has 0 aliphatic rings. The summed E-state index contributed by atoms with van der Waals surface area (Å²) < 4.78 is 39.7. The van der Waals surface area contributed by atoms with Crippen molar-refractivity contribution in [3.63, 3.8) is 0 Å². The van der Waals surface area contributed by atoms with Crippen molar-refractivity contribution >= 4 is 27.5 Å². The first-order valence-electron chi connectivity index (χ1n) is 3.64. The van der Waals surface area contributed by atoms with E-state index in [1.165, 1.54) is 6.07 Å². The van der Waals surface area contributed by atoms with Crippen molar-refractivity contribution < 1.29 is 17.9 Å². The molecule has 15 heavy (non-hydrogen) atoms. The topological polar surface area (TPSA) is 48.1 Å². The molecule has 0 bridgehead atoms. The van der Waals surface area contributed by atoms with Crippen LogP contribution >= 0.6 is 27.5 Å². The van der Waals surface area contributed by atoms with Gasteiger partial charge in [-0.05, 0) is 22.0 Å². The van der Waals surface area contributed by atoms with Gasteiger partial charge in [0.25, 0.3) is 0 Å². The zero-order valence-corrected chi connectivity index (χ0v) is 9.45. The van der Waals surface area contributed by atoms with Crippen molar-refractivity contribution in [1.82, 2.24) is 4.98 Å². The van der Waals surface area contributed by atoms with Crippen molar-refractivity contribution in [1.29, 1.82) is 0 Å². The van der Waals surface area contributed by atoms with E-state index >= 15 is 0 Å². The summed E-state index contributed by atoms with van der Waals surface area (Å²) >= 11 is 8.57. The second-order valence-electron chi connectivity index (χ2n) is 2.46. The Morgan fingerprint density at radius 3 is 2.60 bits per heavy atom. The van der Waals surface area contributed by atoms with E-state index in [4.69, 9.17) is 17.3 Å². The van der Waals surface area contributed by atoms with E-state index in [0.717, 1.165) is 0 Å². The average molecular weight is 305 g/mol. The Labute approximate surface area is 96.5 Å². The van der Waals surface area contributed by atoms with Crippen LogP contribution in [0.4, 0.5) is 13.2 Å². The average Bonchev–Trinajstić information content (AvgIpc) is 1.99. The van der Waals surface area contributed by atoms with Gasteiger partial charge in [0.1, 0.15) is 4.60 Å². The maximum absolute atomic E-state index is 12.0. The Morgan fingerprint density at radius 1 is 1.53 bits per heavy atom. The lowest BCUT2D eigenvalue weighted by atomic mass is 10.3. The number of hydrogen-bond acceptors (Lipinski definition) is 3. The van der Waals surface area contributed by atoms with E-state index in [1.54, 1.807) is 0 Å². The van der Waals surface area contributed by atoms with E-state index < -0.39 is 12.2 Å². The number of halogens is 5. The normalized spacial score (nSPS) is 11.6. The third-order valence-corrected chi connectivity index (χ3v) is 2.16. The second-order valence-corrected chi connectivity index (χ2v) is 3.68. The fraction of sp³-hybridized carbons (Fsp3) is 0.286. The SMILES string of the molecule is NCc1c(Cl)cc(Br)nc1OC(F)(F)F. The van der Waals surface area contributed by atoms with Gasteiger partial charge in [0.15, 0.2) is 0 Å². The van der Waals surface area contributed by atoms with Crippen LogP contribution in [0.25, 0.3) is 0 Å². The molecule has 0 aliphatic carbocycles. The Morgan fingerprint density at radius 2 is 2.13 bits per heavy atom. The maximum atomic E-state index is 12.0. The molecule has 1 heterocycles. The summed E-state index contributed by atoms with van der Waals surface area (Å²) in [6, 6.07) is 1.34. The number of aromatic nitrogens is 1. The predicted octanol–water partition coefficient (Wildman–Crippen LogP) is 2.85. The molecule has 0 fully saturated rings. The van der Waals surface area contributed by atoms with Crippen LogP contribution in [0.5, 0.6) is 5.88 Å². The summed E-state index contributed by atoms with van der Waals surface area (Å²) in [5.74, 6) is -0.635. The predicted molar refractivity (Wildman–Crippen MR) is 51.5 cm³/mol. The van der Waals surface area contributed by atoms with E-state index in [9.17, 15) is 13.2 Å². The lowest BCUT2D eigenvalue weighted by Gasteiger charge is -2.12. The van der Waals surface area contributed by atoms with Crippen LogP contribution in [0, 0.1) is 0 Å². The number of pyridine rings is 1. The fourth-order valence-corrected chi connectivity index (χ4v) is 1.65. The first kappa shape index (κ1) is 12.5. The van der Waals surface area contributed by atoms with Crippen molar-refractivity contribution in [2.24, 2.45) is 5.73 Å². The maximum Gasteiger partial charge on any atom is 0.574 e. The zero-order chi connectivity index (χ0) is 11.6. The van der Waals surface area contributed by atoms with Crippen molar-refractivity contribution in [3.05, 3.63) is 21.3 Å². The standard InChI is InChI=1S/C7H5BrClF3N2O/c8-5-1-4(9)3(2-13)6(14-5)15-7(10,11)12/h1H,2,13H2. The second kappa shape index (κ2) is 4.54. The van der Waals surface area contributed by atoms with E-state index in [0.29, 0.717) is 0 Å². The van der Waals surface area contributed by atoms with Gasteiger partial charge in [-0.2, -0.15) is 0 Å². The first-order chi connectivity index (χ1) is 6.83. The summed E-state index contributed by atoms with van der Waals surface area (Å²) in [5, 5.41) is 0.0682. The molecule has 3 nitrogen and oxygen atoms in total. The number of nitrogens with zero attached hydrogens (tertiary/aromatic N) is 1. The number of rotatable bonds is 2. The highest BCUT2D eigenvalue weighted by Gasteiger charge is 2.33. The fourth-order valence-electron chi connectivity index (χ4n) is 0.869. The lowest BCUT2D eigenvalue weighted by Crippen LogP contribution is -2.20. The third kappa shape index (κ3) is 3.51. The van der Waals surface area contributed by atoms with E-state index in [-0.39, 0.29) is 21.7 Å². The van der Waals surface area contributed by atoms with Gasteiger partial charge in [-0.1, -0.05) is 11.6 Å². The molecule has 1 aromatic heterocycles. The van der Waals surface area contributed by atoms with Crippen LogP contribution in [0.2, 0.25) is 5.02 Å². The molecule has 1 rings (SSSR count). The Bertz CT molecular complexity index is 372. The van der Waals surface area contributed by atoms with Gasteiger partial charge in [0.2, 0.25) is 5.88 Å².